The number of aldehydes is 1. The van der Waals surface area contributed by atoms with Crippen LogP contribution in [0.5, 0.6) is 11.6 Å². The summed E-state index contributed by atoms with van der Waals surface area (Å²) in [5, 5.41) is 0. The van der Waals surface area contributed by atoms with Crippen molar-refractivity contribution in [1.82, 2.24) is 4.98 Å². The van der Waals surface area contributed by atoms with Crippen molar-refractivity contribution < 1.29 is 23.0 Å². The number of hydrogen-bond acceptors (Lipinski definition) is 4. The summed E-state index contributed by atoms with van der Waals surface area (Å²) in [4.78, 5) is 14.5. The Bertz CT molecular complexity index is 465. The summed E-state index contributed by atoms with van der Waals surface area (Å²) in [7, 11) is 1.41. The Morgan fingerprint density at radius 2 is 2.32 bits per heavy atom. The SMILES string of the molecule is COc1nc(C=O)ccc1OCC1CCC(F)(F)C1. The van der Waals surface area contributed by atoms with Gasteiger partial charge in [-0.15, -0.1) is 0 Å². The molecule has 1 aliphatic carbocycles. The maximum atomic E-state index is 13.0. The fraction of sp³-hybridized carbons (Fsp3) is 0.538. The first-order chi connectivity index (χ1) is 9.04. The average Bonchev–Trinajstić information content (AvgIpc) is 2.75. The third-order valence-corrected chi connectivity index (χ3v) is 3.14. The van der Waals surface area contributed by atoms with Gasteiger partial charge in [-0.1, -0.05) is 0 Å². The molecule has 19 heavy (non-hydrogen) atoms. The Balaban J connectivity index is 1.98. The first-order valence-corrected chi connectivity index (χ1v) is 6.05. The van der Waals surface area contributed by atoms with Crippen LogP contribution >= 0.6 is 0 Å². The number of carbonyl (C=O) groups is 1. The van der Waals surface area contributed by atoms with E-state index in [1.807, 2.05) is 0 Å². The number of halogens is 2. The minimum absolute atomic E-state index is 0.0828. The normalized spacial score (nSPS) is 21.1. The van der Waals surface area contributed by atoms with Crippen LogP contribution in [0.15, 0.2) is 12.1 Å². The van der Waals surface area contributed by atoms with E-state index in [0.717, 1.165) is 0 Å². The quantitative estimate of drug-likeness (QED) is 0.773. The van der Waals surface area contributed by atoms with Crippen LogP contribution < -0.4 is 9.47 Å². The molecule has 1 aromatic heterocycles. The predicted octanol–water partition coefficient (Wildman–Crippen LogP) is 2.72. The molecular weight excluding hydrogens is 256 g/mol. The minimum Gasteiger partial charge on any atom is -0.488 e. The highest BCUT2D eigenvalue weighted by Gasteiger charge is 2.39. The Kier molecular flexibility index (Phi) is 3.97. The van der Waals surface area contributed by atoms with E-state index < -0.39 is 5.92 Å². The molecular formula is C13H15F2NO3. The van der Waals surface area contributed by atoms with Gasteiger partial charge in [-0.05, 0) is 24.5 Å². The number of nitrogens with zero attached hydrogens (tertiary/aromatic N) is 1. The zero-order valence-electron chi connectivity index (χ0n) is 10.6. The number of rotatable bonds is 5. The second kappa shape index (κ2) is 5.50. The maximum Gasteiger partial charge on any atom is 0.257 e. The summed E-state index contributed by atoms with van der Waals surface area (Å²) in [6.07, 6.45) is 0.828. The van der Waals surface area contributed by atoms with E-state index in [-0.39, 0.29) is 36.9 Å². The van der Waals surface area contributed by atoms with Gasteiger partial charge in [-0.25, -0.2) is 13.8 Å². The molecule has 1 unspecified atom stereocenters. The van der Waals surface area contributed by atoms with Crippen molar-refractivity contribution in [2.45, 2.75) is 25.2 Å². The summed E-state index contributed by atoms with van der Waals surface area (Å²) >= 11 is 0. The molecule has 0 saturated heterocycles. The molecule has 0 aliphatic heterocycles. The van der Waals surface area contributed by atoms with Gasteiger partial charge in [-0.3, -0.25) is 4.79 Å². The second-order valence-electron chi connectivity index (χ2n) is 4.64. The van der Waals surface area contributed by atoms with E-state index >= 15 is 0 Å². The average molecular weight is 271 g/mol. The van der Waals surface area contributed by atoms with Crippen molar-refractivity contribution in [3.63, 3.8) is 0 Å². The van der Waals surface area contributed by atoms with Crippen molar-refractivity contribution in [3.8, 4) is 11.6 Å². The van der Waals surface area contributed by atoms with Gasteiger partial charge in [0.05, 0.1) is 13.7 Å². The molecule has 4 nitrogen and oxygen atoms in total. The maximum absolute atomic E-state index is 13.0. The largest absolute Gasteiger partial charge is 0.488 e. The summed E-state index contributed by atoms with van der Waals surface area (Å²) < 4.78 is 36.5. The lowest BCUT2D eigenvalue weighted by molar-refractivity contribution is 0.00287. The van der Waals surface area contributed by atoms with Gasteiger partial charge in [0.2, 0.25) is 5.92 Å². The highest BCUT2D eigenvalue weighted by Crippen LogP contribution is 2.39. The van der Waals surface area contributed by atoms with E-state index in [9.17, 15) is 13.6 Å². The Morgan fingerprint density at radius 3 is 2.89 bits per heavy atom. The number of pyridine rings is 1. The molecule has 0 spiro atoms. The molecule has 1 aromatic rings. The summed E-state index contributed by atoms with van der Waals surface area (Å²) in [6.45, 7) is 0.202. The second-order valence-corrected chi connectivity index (χ2v) is 4.64. The summed E-state index contributed by atoms with van der Waals surface area (Å²) in [6, 6.07) is 3.05. The van der Waals surface area contributed by atoms with Crippen LogP contribution in [-0.4, -0.2) is 30.9 Å². The van der Waals surface area contributed by atoms with Gasteiger partial charge < -0.3 is 9.47 Å². The molecule has 2 rings (SSSR count). The smallest absolute Gasteiger partial charge is 0.257 e. The van der Waals surface area contributed by atoms with Gasteiger partial charge in [0, 0.05) is 12.8 Å². The van der Waals surface area contributed by atoms with Crippen LogP contribution in [0.4, 0.5) is 8.78 Å². The van der Waals surface area contributed by atoms with Crippen molar-refractivity contribution in [3.05, 3.63) is 17.8 Å². The lowest BCUT2D eigenvalue weighted by atomic mass is 10.1. The number of ether oxygens (including phenoxy) is 2. The fourth-order valence-electron chi connectivity index (χ4n) is 2.16. The van der Waals surface area contributed by atoms with Gasteiger partial charge in [0.25, 0.3) is 5.88 Å². The number of hydrogen-bond donors (Lipinski definition) is 0. The monoisotopic (exact) mass is 271 g/mol. The van der Waals surface area contributed by atoms with Crippen LogP contribution in [0.1, 0.15) is 29.8 Å². The lowest BCUT2D eigenvalue weighted by Crippen LogP contribution is -2.14. The van der Waals surface area contributed by atoms with E-state index in [2.05, 4.69) is 4.98 Å². The lowest BCUT2D eigenvalue weighted by Gasteiger charge is -2.14. The van der Waals surface area contributed by atoms with E-state index in [4.69, 9.17) is 9.47 Å². The summed E-state index contributed by atoms with van der Waals surface area (Å²) in [5.74, 6) is -2.18. The molecule has 1 fully saturated rings. The molecule has 0 bridgehead atoms. The van der Waals surface area contributed by atoms with Crippen molar-refractivity contribution in [1.29, 1.82) is 0 Å². The highest BCUT2D eigenvalue weighted by molar-refractivity contribution is 5.72. The molecule has 0 radical (unpaired) electrons. The Hall–Kier alpha value is -1.72. The predicted molar refractivity (Wildman–Crippen MR) is 64.0 cm³/mol. The molecule has 1 saturated carbocycles. The molecule has 6 heteroatoms. The molecule has 104 valence electrons. The third-order valence-electron chi connectivity index (χ3n) is 3.14. The van der Waals surface area contributed by atoms with Crippen LogP contribution in [-0.2, 0) is 0 Å². The molecule has 1 atom stereocenters. The zero-order valence-corrected chi connectivity index (χ0v) is 10.6. The first kappa shape index (κ1) is 13.7. The van der Waals surface area contributed by atoms with E-state index in [0.29, 0.717) is 18.5 Å². The molecule has 0 aromatic carbocycles. The standard InChI is InChI=1S/C13H15F2NO3/c1-18-12-11(3-2-10(7-17)16-12)19-8-9-4-5-13(14,15)6-9/h2-3,7,9H,4-6,8H2,1H3. The molecule has 0 amide bonds. The summed E-state index contributed by atoms with van der Waals surface area (Å²) in [5.41, 5.74) is 0.233. The van der Waals surface area contributed by atoms with Gasteiger partial charge in [0.1, 0.15) is 5.69 Å². The Morgan fingerprint density at radius 1 is 1.53 bits per heavy atom. The number of carbonyl (C=O) groups excluding carboxylic acids is 1. The van der Waals surface area contributed by atoms with Gasteiger partial charge in [0.15, 0.2) is 12.0 Å². The fourth-order valence-corrected chi connectivity index (χ4v) is 2.16. The van der Waals surface area contributed by atoms with Crippen LogP contribution in [0.25, 0.3) is 0 Å². The van der Waals surface area contributed by atoms with Crippen LogP contribution in [0.3, 0.4) is 0 Å². The van der Waals surface area contributed by atoms with Crippen molar-refractivity contribution in [2.24, 2.45) is 5.92 Å². The highest BCUT2D eigenvalue weighted by atomic mass is 19.3. The van der Waals surface area contributed by atoms with Crippen molar-refractivity contribution >= 4 is 6.29 Å². The molecule has 1 heterocycles. The van der Waals surface area contributed by atoms with Crippen LogP contribution in [0, 0.1) is 5.92 Å². The van der Waals surface area contributed by atoms with E-state index in [1.165, 1.54) is 13.2 Å². The Labute approximate surface area is 109 Å². The van der Waals surface area contributed by atoms with Gasteiger partial charge >= 0.3 is 0 Å². The van der Waals surface area contributed by atoms with Crippen LogP contribution in [0.2, 0.25) is 0 Å². The van der Waals surface area contributed by atoms with Crippen molar-refractivity contribution in [2.75, 3.05) is 13.7 Å². The molecule has 0 N–H and O–H groups in total. The number of methoxy groups -OCH3 is 1. The van der Waals surface area contributed by atoms with E-state index in [1.54, 1.807) is 6.07 Å². The number of aromatic nitrogens is 1. The first-order valence-electron chi connectivity index (χ1n) is 6.05. The number of alkyl halides is 2. The molecule has 1 aliphatic rings. The third kappa shape index (κ3) is 3.39. The topological polar surface area (TPSA) is 48.4 Å². The van der Waals surface area contributed by atoms with Gasteiger partial charge in [-0.2, -0.15) is 0 Å². The minimum atomic E-state index is -2.57. The zero-order chi connectivity index (χ0) is 13.9.